The van der Waals surface area contributed by atoms with Crippen molar-refractivity contribution in [1.29, 1.82) is 0 Å². The van der Waals surface area contributed by atoms with Gasteiger partial charge in [0.05, 0.1) is 22.9 Å². The molecule has 7 nitrogen and oxygen atoms in total. The molecule has 3 aromatic rings. The second-order valence-corrected chi connectivity index (χ2v) is 9.56. The molecule has 35 heavy (non-hydrogen) atoms. The summed E-state index contributed by atoms with van der Waals surface area (Å²) < 4.78 is 0. The standard InChI is InChI=1S/C28H30N4O3/c1-19-8-10-23(11-9-19)30-14-15-31-26-13-12-24(32(34)35)16-22(26)17-25(27(31)18-30)28(33)29-20(2)21-6-4-3-5-7-21/h3-13,16,20,25,27H,14-15,17-18H2,1-2H3,(H,29,33). The molecule has 3 atom stereocenters. The van der Waals surface area contributed by atoms with Crippen LogP contribution in [0.5, 0.6) is 0 Å². The number of carbonyl (C=O) groups is 1. The molecule has 1 amide bonds. The van der Waals surface area contributed by atoms with E-state index < -0.39 is 0 Å². The SMILES string of the molecule is Cc1ccc(N2CCN3c4ccc([N+](=O)[O-])cc4CC(C(=O)NC(C)c4ccccc4)C3C2)cc1. The van der Waals surface area contributed by atoms with Crippen LogP contribution in [0.15, 0.2) is 72.8 Å². The molecule has 3 aromatic carbocycles. The lowest BCUT2D eigenvalue weighted by atomic mass is 9.82. The van der Waals surface area contributed by atoms with Crippen molar-refractivity contribution in [2.45, 2.75) is 32.4 Å². The van der Waals surface area contributed by atoms with Crippen LogP contribution in [0.1, 0.15) is 29.7 Å². The smallest absolute Gasteiger partial charge is 0.269 e. The molecule has 0 spiro atoms. The zero-order valence-corrected chi connectivity index (χ0v) is 20.1. The third kappa shape index (κ3) is 4.58. The zero-order valence-electron chi connectivity index (χ0n) is 20.1. The Labute approximate surface area is 205 Å². The number of piperazine rings is 1. The highest BCUT2D eigenvalue weighted by molar-refractivity contribution is 5.83. The maximum Gasteiger partial charge on any atom is 0.269 e. The highest BCUT2D eigenvalue weighted by Gasteiger charge is 2.42. The van der Waals surface area contributed by atoms with Gasteiger partial charge in [-0.25, -0.2) is 0 Å². The van der Waals surface area contributed by atoms with Gasteiger partial charge in [0, 0.05) is 43.1 Å². The molecule has 2 heterocycles. The molecule has 0 radical (unpaired) electrons. The fourth-order valence-corrected chi connectivity index (χ4v) is 5.36. The number of fused-ring (bicyclic) bond motifs is 3. The van der Waals surface area contributed by atoms with E-state index in [1.54, 1.807) is 12.1 Å². The molecule has 0 saturated carbocycles. The van der Waals surface area contributed by atoms with E-state index in [-0.39, 0.29) is 34.5 Å². The van der Waals surface area contributed by atoms with Gasteiger partial charge in [0.1, 0.15) is 0 Å². The van der Waals surface area contributed by atoms with Crippen LogP contribution in [-0.2, 0) is 11.2 Å². The second kappa shape index (κ2) is 9.41. The number of rotatable bonds is 5. The Hall–Kier alpha value is -3.87. The molecule has 0 aromatic heterocycles. The van der Waals surface area contributed by atoms with Gasteiger partial charge in [-0.2, -0.15) is 0 Å². The van der Waals surface area contributed by atoms with Gasteiger partial charge in [-0.1, -0.05) is 48.0 Å². The van der Waals surface area contributed by atoms with Crippen LogP contribution in [0, 0.1) is 23.0 Å². The van der Waals surface area contributed by atoms with E-state index in [0.717, 1.165) is 42.1 Å². The molecule has 1 saturated heterocycles. The van der Waals surface area contributed by atoms with Crippen molar-refractivity contribution in [1.82, 2.24) is 5.32 Å². The van der Waals surface area contributed by atoms with Crippen LogP contribution < -0.4 is 15.1 Å². The minimum atomic E-state index is -0.367. The summed E-state index contributed by atoms with van der Waals surface area (Å²) in [7, 11) is 0. The van der Waals surface area contributed by atoms with E-state index in [2.05, 4.69) is 46.3 Å². The number of aryl methyl sites for hydroxylation is 1. The largest absolute Gasteiger partial charge is 0.368 e. The molecule has 0 aliphatic carbocycles. The molecule has 2 aliphatic heterocycles. The van der Waals surface area contributed by atoms with E-state index in [9.17, 15) is 14.9 Å². The van der Waals surface area contributed by atoms with Crippen LogP contribution in [0.2, 0.25) is 0 Å². The van der Waals surface area contributed by atoms with Crippen molar-refractivity contribution in [2.75, 3.05) is 29.4 Å². The first-order valence-electron chi connectivity index (χ1n) is 12.1. The summed E-state index contributed by atoms with van der Waals surface area (Å²) in [5, 5.41) is 14.6. The van der Waals surface area contributed by atoms with Crippen LogP contribution in [0.4, 0.5) is 17.1 Å². The lowest BCUT2D eigenvalue weighted by molar-refractivity contribution is -0.384. The number of hydrogen-bond donors (Lipinski definition) is 1. The molecule has 1 N–H and O–H groups in total. The Morgan fingerprint density at radius 1 is 1.06 bits per heavy atom. The Kier molecular flexibility index (Phi) is 6.16. The molecule has 2 aliphatic rings. The lowest BCUT2D eigenvalue weighted by Crippen LogP contribution is -2.61. The van der Waals surface area contributed by atoms with Crippen LogP contribution in [0.3, 0.4) is 0 Å². The van der Waals surface area contributed by atoms with E-state index >= 15 is 0 Å². The first-order chi connectivity index (χ1) is 16.9. The second-order valence-electron chi connectivity index (χ2n) is 9.56. The average molecular weight is 471 g/mol. The molecule has 3 unspecified atom stereocenters. The highest BCUT2D eigenvalue weighted by Crippen LogP contribution is 2.39. The highest BCUT2D eigenvalue weighted by atomic mass is 16.6. The number of hydrogen-bond acceptors (Lipinski definition) is 5. The first-order valence-corrected chi connectivity index (χ1v) is 12.1. The van der Waals surface area contributed by atoms with Gasteiger partial charge in [0.25, 0.3) is 5.69 Å². The summed E-state index contributed by atoms with van der Waals surface area (Å²) in [6.45, 7) is 6.36. The van der Waals surface area contributed by atoms with Crippen molar-refractivity contribution in [3.05, 3.63) is 99.6 Å². The van der Waals surface area contributed by atoms with E-state index in [1.807, 2.05) is 43.3 Å². The number of anilines is 2. The molecule has 180 valence electrons. The molecular weight excluding hydrogens is 440 g/mol. The maximum atomic E-state index is 13.7. The van der Waals surface area contributed by atoms with Gasteiger partial charge >= 0.3 is 0 Å². The third-order valence-electron chi connectivity index (χ3n) is 7.30. The molecule has 7 heteroatoms. The number of amides is 1. The molecule has 5 rings (SSSR count). The van der Waals surface area contributed by atoms with Crippen molar-refractivity contribution in [3.63, 3.8) is 0 Å². The quantitative estimate of drug-likeness (QED) is 0.434. The fraction of sp³-hybridized carbons (Fsp3) is 0.321. The van der Waals surface area contributed by atoms with Crippen LogP contribution >= 0.6 is 0 Å². The normalized spacial score (nSPS) is 19.9. The summed E-state index contributed by atoms with van der Waals surface area (Å²) in [6, 6.07) is 23.3. The first kappa shape index (κ1) is 22.9. The number of carbonyl (C=O) groups excluding carboxylic acids is 1. The Bertz CT molecular complexity index is 1230. The summed E-state index contributed by atoms with van der Waals surface area (Å²) in [5.74, 6) is -0.330. The summed E-state index contributed by atoms with van der Waals surface area (Å²) in [4.78, 5) is 29.3. The van der Waals surface area contributed by atoms with E-state index in [0.29, 0.717) is 6.42 Å². The Morgan fingerprint density at radius 3 is 2.51 bits per heavy atom. The molecular formula is C28H30N4O3. The number of nitro groups is 1. The van der Waals surface area contributed by atoms with Crippen LogP contribution in [0.25, 0.3) is 0 Å². The Morgan fingerprint density at radius 2 is 1.80 bits per heavy atom. The number of non-ortho nitro benzene ring substituents is 1. The minimum absolute atomic E-state index is 0.0146. The van der Waals surface area contributed by atoms with Gasteiger partial charge in [-0.05, 0) is 49.6 Å². The zero-order chi connectivity index (χ0) is 24.5. The number of benzene rings is 3. The minimum Gasteiger partial charge on any atom is -0.368 e. The van der Waals surface area contributed by atoms with Gasteiger partial charge < -0.3 is 15.1 Å². The average Bonchev–Trinajstić information content (AvgIpc) is 2.88. The van der Waals surface area contributed by atoms with Crippen LogP contribution in [-0.4, -0.2) is 36.5 Å². The van der Waals surface area contributed by atoms with Crippen molar-refractivity contribution >= 4 is 23.0 Å². The van der Waals surface area contributed by atoms with Crippen molar-refractivity contribution in [3.8, 4) is 0 Å². The van der Waals surface area contributed by atoms with Gasteiger partial charge in [-0.3, -0.25) is 14.9 Å². The maximum absolute atomic E-state index is 13.7. The molecule has 1 fully saturated rings. The van der Waals surface area contributed by atoms with Gasteiger partial charge in [-0.15, -0.1) is 0 Å². The third-order valence-corrected chi connectivity index (χ3v) is 7.30. The summed E-state index contributed by atoms with van der Waals surface area (Å²) in [6.07, 6.45) is 0.479. The van der Waals surface area contributed by atoms with Crippen molar-refractivity contribution in [2.24, 2.45) is 5.92 Å². The number of nitrogens with zero attached hydrogens (tertiary/aromatic N) is 3. The van der Waals surface area contributed by atoms with E-state index in [4.69, 9.17) is 0 Å². The fourth-order valence-electron chi connectivity index (χ4n) is 5.36. The predicted molar refractivity (Wildman–Crippen MR) is 138 cm³/mol. The topological polar surface area (TPSA) is 78.7 Å². The summed E-state index contributed by atoms with van der Waals surface area (Å²) >= 11 is 0. The van der Waals surface area contributed by atoms with E-state index in [1.165, 1.54) is 5.56 Å². The molecule has 0 bridgehead atoms. The van der Waals surface area contributed by atoms with Gasteiger partial charge in [0.15, 0.2) is 0 Å². The number of nitrogens with one attached hydrogen (secondary N) is 1. The lowest BCUT2D eigenvalue weighted by Gasteiger charge is -2.49. The van der Waals surface area contributed by atoms with Crippen molar-refractivity contribution < 1.29 is 9.72 Å². The van der Waals surface area contributed by atoms with Gasteiger partial charge in [0.2, 0.25) is 5.91 Å². The number of nitro benzene ring substituents is 1. The predicted octanol–water partition coefficient (Wildman–Crippen LogP) is 4.65. The monoisotopic (exact) mass is 470 g/mol. The Balaban J connectivity index is 1.45. The summed E-state index contributed by atoms with van der Waals surface area (Å²) in [5.41, 5.74) is 5.36.